The molecule has 150 valence electrons. The lowest BCUT2D eigenvalue weighted by Crippen LogP contribution is -2.24. The second-order valence-electron chi connectivity index (χ2n) is 6.30. The zero-order chi connectivity index (χ0) is 20.9. The molecule has 4 rings (SSSR count). The van der Waals surface area contributed by atoms with Crippen LogP contribution in [0.3, 0.4) is 0 Å². The molecule has 1 aliphatic heterocycles. The van der Waals surface area contributed by atoms with Gasteiger partial charge in [-0.2, -0.15) is 0 Å². The highest BCUT2D eigenvalue weighted by molar-refractivity contribution is 6.42. The van der Waals surface area contributed by atoms with Crippen molar-refractivity contribution in [3.05, 3.63) is 101 Å². The molecule has 0 saturated carbocycles. The lowest BCUT2D eigenvalue weighted by molar-refractivity contribution is -0.152. The molecule has 0 aliphatic carbocycles. The smallest absolute Gasteiger partial charge is 0.355 e. The van der Waals surface area contributed by atoms with Crippen molar-refractivity contribution in [1.29, 1.82) is 0 Å². The van der Waals surface area contributed by atoms with E-state index in [0.717, 1.165) is 0 Å². The van der Waals surface area contributed by atoms with Crippen LogP contribution in [0.2, 0.25) is 0 Å². The van der Waals surface area contributed by atoms with Gasteiger partial charge in [-0.15, -0.1) is 0 Å². The third-order valence-electron chi connectivity index (χ3n) is 4.20. The second kappa shape index (κ2) is 8.71. The van der Waals surface area contributed by atoms with Crippen LogP contribution in [0.5, 0.6) is 11.5 Å². The van der Waals surface area contributed by atoms with Gasteiger partial charge in [-0.05, 0) is 48.5 Å². The highest BCUT2D eigenvalue weighted by Crippen LogP contribution is 2.30. The van der Waals surface area contributed by atoms with Crippen molar-refractivity contribution < 1.29 is 23.8 Å². The molecule has 0 radical (unpaired) electrons. The van der Waals surface area contributed by atoms with E-state index in [-0.39, 0.29) is 10.7 Å². The number of rotatable bonds is 6. The molecular formula is C23H16ClNO5. The number of esters is 2. The van der Waals surface area contributed by atoms with Gasteiger partial charge in [0.2, 0.25) is 0 Å². The van der Waals surface area contributed by atoms with E-state index in [1.807, 2.05) is 30.3 Å². The molecule has 6 nitrogen and oxygen atoms in total. The minimum atomic E-state index is -1.27. The zero-order valence-electron chi connectivity index (χ0n) is 15.6. The first-order valence-electron chi connectivity index (χ1n) is 9.07. The summed E-state index contributed by atoms with van der Waals surface area (Å²) >= 11 is 6.07. The first-order valence-corrected chi connectivity index (χ1v) is 9.44. The molecule has 7 heteroatoms. The molecule has 30 heavy (non-hydrogen) atoms. The fraction of sp³-hybridized carbons (Fsp3) is 0.0435. The summed E-state index contributed by atoms with van der Waals surface area (Å²) in [4.78, 5) is 24.2. The van der Waals surface area contributed by atoms with Gasteiger partial charge in [0.05, 0.1) is 5.56 Å². The maximum Gasteiger partial charge on any atom is 0.355 e. The molecular weight excluding hydrogens is 406 g/mol. The van der Waals surface area contributed by atoms with E-state index in [1.165, 1.54) is 0 Å². The second-order valence-corrected chi connectivity index (χ2v) is 6.68. The Morgan fingerprint density at radius 1 is 0.867 bits per heavy atom. The van der Waals surface area contributed by atoms with Crippen LogP contribution in [-0.2, 0) is 14.3 Å². The number of carbonyl (C=O) groups is 2. The first-order chi connectivity index (χ1) is 14.6. The van der Waals surface area contributed by atoms with E-state index < -0.39 is 18.2 Å². The molecule has 0 aromatic heterocycles. The van der Waals surface area contributed by atoms with Gasteiger partial charge in [0.15, 0.2) is 5.03 Å². The summed E-state index contributed by atoms with van der Waals surface area (Å²) < 4.78 is 16.1. The Hall–Kier alpha value is -3.77. The molecule has 1 heterocycles. The fourth-order valence-corrected chi connectivity index (χ4v) is 2.92. The van der Waals surface area contributed by atoms with Crippen LogP contribution >= 0.6 is 11.6 Å². The standard InChI is InChI=1S/C23H16ClNO5/c24-19-20(23(30-22(19)27)29-21(26)15-7-3-1-4-8-15)25-16-11-13-18(14-12-16)28-17-9-5-2-6-10-17/h1-14,23,25H. The number of anilines is 1. The molecule has 1 aliphatic rings. The molecule has 0 amide bonds. The van der Waals surface area contributed by atoms with Gasteiger partial charge in [-0.3, -0.25) is 0 Å². The van der Waals surface area contributed by atoms with Crippen LogP contribution in [0.1, 0.15) is 10.4 Å². The summed E-state index contributed by atoms with van der Waals surface area (Å²) in [7, 11) is 0. The van der Waals surface area contributed by atoms with Crippen LogP contribution in [0.15, 0.2) is 95.7 Å². The normalized spacial score (nSPS) is 15.5. The lowest BCUT2D eigenvalue weighted by Gasteiger charge is -2.16. The predicted molar refractivity (Wildman–Crippen MR) is 111 cm³/mol. The molecule has 1 N–H and O–H groups in total. The van der Waals surface area contributed by atoms with Gasteiger partial charge in [0.1, 0.15) is 17.2 Å². The molecule has 0 saturated heterocycles. The van der Waals surface area contributed by atoms with Crippen molar-refractivity contribution in [3.63, 3.8) is 0 Å². The highest BCUT2D eigenvalue weighted by atomic mass is 35.5. The third-order valence-corrected chi connectivity index (χ3v) is 4.56. The monoisotopic (exact) mass is 421 g/mol. The van der Waals surface area contributed by atoms with Gasteiger partial charge in [0, 0.05) is 5.69 Å². The maximum absolute atomic E-state index is 12.3. The Morgan fingerprint density at radius 3 is 2.13 bits per heavy atom. The van der Waals surface area contributed by atoms with Crippen LogP contribution in [-0.4, -0.2) is 18.2 Å². The molecule has 3 aromatic carbocycles. The Labute approximate surface area is 177 Å². The average Bonchev–Trinajstić information content (AvgIpc) is 3.04. The molecule has 0 bridgehead atoms. The van der Waals surface area contributed by atoms with E-state index in [0.29, 0.717) is 22.7 Å². The number of hydrogen-bond acceptors (Lipinski definition) is 6. The molecule has 0 fully saturated rings. The number of nitrogens with one attached hydrogen (secondary N) is 1. The van der Waals surface area contributed by atoms with E-state index in [2.05, 4.69) is 5.32 Å². The fourth-order valence-electron chi connectivity index (χ4n) is 2.74. The van der Waals surface area contributed by atoms with Gasteiger partial charge in [-0.25, -0.2) is 9.59 Å². The minimum absolute atomic E-state index is 0.155. The van der Waals surface area contributed by atoms with Crippen molar-refractivity contribution in [2.24, 2.45) is 0 Å². The maximum atomic E-state index is 12.3. The van der Waals surface area contributed by atoms with Crippen LogP contribution in [0.4, 0.5) is 5.69 Å². The lowest BCUT2D eigenvalue weighted by atomic mass is 10.2. The Balaban J connectivity index is 1.46. The quantitative estimate of drug-likeness (QED) is 0.559. The number of hydrogen-bond donors (Lipinski definition) is 1. The Bertz CT molecular complexity index is 1080. The minimum Gasteiger partial charge on any atom is -0.457 e. The number of ether oxygens (including phenoxy) is 3. The SMILES string of the molecule is O=C1OC(OC(=O)c2ccccc2)C(Nc2ccc(Oc3ccccc3)cc2)=C1Cl. The topological polar surface area (TPSA) is 73.9 Å². The van der Waals surface area contributed by atoms with Crippen molar-refractivity contribution in [2.45, 2.75) is 6.29 Å². The Kier molecular flexibility index (Phi) is 5.68. The van der Waals surface area contributed by atoms with Gasteiger partial charge in [-0.1, -0.05) is 48.0 Å². The summed E-state index contributed by atoms with van der Waals surface area (Å²) in [5, 5.41) is 2.81. The van der Waals surface area contributed by atoms with E-state index in [4.69, 9.17) is 25.8 Å². The van der Waals surface area contributed by atoms with Crippen molar-refractivity contribution in [1.82, 2.24) is 0 Å². The van der Waals surface area contributed by atoms with Crippen LogP contribution < -0.4 is 10.1 Å². The average molecular weight is 422 g/mol. The van der Waals surface area contributed by atoms with Crippen molar-refractivity contribution >= 4 is 29.2 Å². The van der Waals surface area contributed by atoms with Crippen LogP contribution in [0, 0.1) is 0 Å². The summed E-state index contributed by atoms with van der Waals surface area (Å²) in [6.45, 7) is 0. The van der Waals surface area contributed by atoms with Crippen LogP contribution in [0.25, 0.3) is 0 Å². The molecule has 1 atom stereocenters. The summed E-state index contributed by atoms with van der Waals surface area (Å²) in [6.07, 6.45) is -1.27. The number of halogens is 1. The molecule has 3 aromatic rings. The van der Waals surface area contributed by atoms with E-state index in [1.54, 1.807) is 54.6 Å². The Morgan fingerprint density at radius 2 is 1.47 bits per heavy atom. The third kappa shape index (κ3) is 4.45. The largest absolute Gasteiger partial charge is 0.457 e. The van der Waals surface area contributed by atoms with Crippen molar-refractivity contribution in [2.75, 3.05) is 5.32 Å². The van der Waals surface area contributed by atoms with Gasteiger partial charge in [0.25, 0.3) is 6.29 Å². The van der Waals surface area contributed by atoms with Crippen molar-refractivity contribution in [3.8, 4) is 11.5 Å². The molecule has 1 unspecified atom stereocenters. The highest BCUT2D eigenvalue weighted by Gasteiger charge is 2.36. The van der Waals surface area contributed by atoms with Gasteiger partial charge >= 0.3 is 11.9 Å². The predicted octanol–water partition coefficient (Wildman–Crippen LogP) is 5.08. The summed E-state index contributed by atoms with van der Waals surface area (Å²) in [5.74, 6) is -0.0518. The number of para-hydroxylation sites is 1. The number of cyclic esters (lactones) is 1. The zero-order valence-corrected chi connectivity index (χ0v) is 16.3. The number of benzene rings is 3. The number of carbonyl (C=O) groups excluding carboxylic acids is 2. The van der Waals surface area contributed by atoms with Gasteiger partial charge < -0.3 is 19.5 Å². The first kappa shape index (κ1) is 19.5. The van der Waals surface area contributed by atoms with E-state index in [9.17, 15) is 9.59 Å². The molecule has 0 spiro atoms. The summed E-state index contributed by atoms with van der Waals surface area (Å²) in [6, 6.07) is 24.8. The van der Waals surface area contributed by atoms with E-state index >= 15 is 0 Å². The summed E-state index contributed by atoms with van der Waals surface area (Å²) in [5.41, 5.74) is 1.10.